The zero-order valence-corrected chi connectivity index (χ0v) is 26.3. The number of hydrogen-bond acceptors (Lipinski definition) is 7. The zero-order valence-electron chi connectivity index (χ0n) is 23.8. The first-order valence-corrected chi connectivity index (χ1v) is 19.1. The summed E-state index contributed by atoms with van der Waals surface area (Å²) in [6, 6.07) is 10.0. The monoisotopic (exact) mass is 606 g/mol. The molecule has 0 amide bonds. The van der Waals surface area contributed by atoms with Gasteiger partial charge < -0.3 is 10.1 Å². The predicted molar refractivity (Wildman–Crippen MR) is 164 cm³/mol. The number of halogens is 1. The third-order valence-electron chi connectivity index (χ3n) is 7.06. The van der Waals surface area contributed by atoms with E-state index in [9.17, 15) is 13.2 Å². The van der Waals surface area contributed by atoms with Crippen LogP contribution in [-0.4, -0.2) is 68.1 Å². The molecule has 10 nitrogen and oxygen atoms in total. The second-order valence-electron chi connectivity index (χ2n) is 11.7. The van der Waals surface area contributed by atoms with Crippen molar-refractivity contribution >= 4 is 46.9 Å². The summed E-state index contributed by atoms with van der Waals surface area (Å²) in [5, 5.41) is 4.58. The van der Waals surface area contributed by atoms with Crippen LogP contribution in [0, 0.1) is 0 Å². The van der Waals surface area contributed by atoms with E-state index in [0.29, 0.717) is 52.6 Å². The van der Waals surface area contributed by atoms with Gasteiger partial charge in [-0.25, -0.2) is 4.98 Å². The molecule has 0 atom stereocenters. The van der Waals surface area contributed by atoms with E-state index in [1.807, 2.05) is 18.2 Å². The number of ether oxygens (including phenoxy) is 1. The summed E-state index contributed by atoms with van der Waals surface area (Å²) < 4.78 is 35.8. The Morgan fingerprint density at radius 2 is 1.77 bits per heavy atom. The first-order chi connectivity index (χ1) is 18.8. The Morgan fingerprint density at radius 1 is 1.10 bits per heavy atom. The van der Waals surface area contributed by atoms with E-state index in [-0.39, 0.29) is 24.4 Å². The molecule has 0 unspecified atom stereocenters. The summed E-state index contributed by atoms with van der Waals surface area (Å²) in [5.41, 5.74) is 1.37. The fraction of sp³-hybridized carbons (Fsp3) is 0.519. The molecule has 2 N–H and O–H groups in total. The van der Waals surface area contributed by atoms with Gasteiger partial charge in [-0.05, 0) is 43.9 Å². The van der Waals surface area contributed by atoms with Gasteiger partial charge in [0, 0.05) is 68.6 Å². The third kappa shape index (κ3) is 7.68. The first-order valence-electron chi connectivity index (χ1n) is 13.5. The normalized spacial score (nSPS) is 18.4. The van der Waals surface area contributed by atoms with Gasteiger partial charge in [0.1, 0.15) is 12.4 Å². The van der Waals surface area contributed by atoms with Crippen LogP contribution >= 0.6 is 11.6 Å². The lowest BCUT2D eigenvalue weighted by Gasteiger charge is -2.30. The first kappa shape index (κ1) is 30.6. The Bertz CT molecular complexity index is 1500. The number of benzene rings is 1. The molecule has 1 aliphatic carbocycles. The molecule has 2 heterocycles. The highest BCUT2D eigenvalue weighted by Gasteiger charge is 2.26. The Kier molecular flexibility index (Phi) is 9.69. The second kappa shape index (κ2) is 12.7. The molecule has 0 radical (unpaired) electrons. The number of aromatic nitrogens is 3. The Hall–Kier alpha value is -2.35. The van der Waals surface area contributed by atoms with Gasteiger partial charge in [0.25, 0.3) is 15.8 Å². The zero-order chi connectivity index (χ0) is 29.1. The maximum atomic E-state index is 13.7. The van der Waals surface area contributed by atoms with Crippen LogP contribution in [0.4, 0.5) is 5.95 Å². The molecule has 1 fully saturated rings. The van der Waals surface area contributed by atoms with Gasteiger partial charge in [-0.15, -0.1) is 0 Å². The van der Waals surface area contributed by atoms with Gasteiger partial charge in [-0.2, -0.15) is 22.4 Å². The highest BCUT2D eigenvalue weighted by atomic mass is 35.5. The maximum Gasteiger partial charge on any atom is 0.279 e. The summed E-state index contributed by atoms with van der Waals surface area (Å²) in [6.07, 6.45) is 4.64. The lowest BCUT2D eigenvalue weighted by atomic mass is 9.92. The maximum absolute atomic E-state index is 13.7. The van der Waals surface area contributed by atoms with Crippen molar-refractivity contribution in [3.63, 3.8) is 0 Å². The molecule has 13 heteroatoms. The minimum atomic E-state index is -3.46. The van der Waals surface area contributed by atoms with Crippen LogP contribution in [-0.2, 0) is 21.7 Å². The Balaban J connectivity index is 1.57. The molecule has 4 rings (SSSR count). The summed E-state index contributed by atoms with van der Waals surface area (Å²) >= 11 is 6.45. The highest BCUT2D eigenvalue weighted by molar-refractivity contribution is 7.87. The van der Waals surface area contributed by atoms with Crippen LogP contribution in [0.1, 0.15) is 25.7 Å². The lowest BCUT2D eigenvalue weighted by molar-refractivity contribution is 0.0876. The third-order valence-corrected chi connectivity index (χ3v) is 10.7. The average molecular weight is 607 g/mol. The number of rotatable bonds is 11. The van der Waals surface area contributed by atoms with Crippen molar-refractivity contribution in [1.29, 1.82) is 0 Å². The molecule has 1 aliphatic rings. The second-order valence-corrected chi connectivity index (χ2v) is 19.6. The average Bonchev–Trinajstić information content (AvgIpc) is 2.88. The number of hydrogen-bond donors (Lipinski definition) is 2. The number of pyridine rings is 1. The summed E-state index contributed by atoms with van der Waals surface area (Å²) in [6.45, 7) is 7.49. The van der Waals surface area contributed by atoms with Gasteiger partial charge in [-0.1, -0.05) is 49.4 Å². The van der Waals surface area contributed by atoms with E-state index in [4.69, 9.17) is 21.3 Å². The highest BCUT2D eigenvalue weighted by Crippen LogP contribution is 2.28. The van der Waals surface area contributed by atoms with E-state index in [0.717, 1.165) is 18.9 Å². The number of anilines is 1. The number of nitrogens with one attached hydrogen (secondary N) is 2. The summed E-state index contributed by atoms with van der Waals surface area (Å²) in [5.74, 6) is 0.422. The van der Waals surface area contributed by atoms with Crippen molar-refractivity contribution in [2.75, 3.05) is 26.0 Å². The van der Waals surface area contributed by atoms with E-state index >= 15 is 0 Å². The molecule has 1 saturated carbocycles. The SMILES string of the molecule is CN(C)S(=O)(=O)NC1CCC(Nc2ncc3cc(-c4ccccc4Cl)c(=O)n(COCC[Si](C)(C)C)c3n2)CC1. The minimum absolute atomic E-state index is 0.0751. The van der Waals surface area contributed by atoms with E-state index < -0.39 is 18.3 Å². The predicted octanol–water partition coefficient (Wildman–Crippen LogP) is 4.54. The fourth-order valence-electron chi connectivity index (χ4n) is 4.61. The van der Waals surface area contributed by atoms with E-state index in [2.05, 4.69) is 34.7 Å². The Morgan fingerprint density at radius 3 is 2.42 bits per heavy atom. The van der Waals surface area contributed by atoms with Crippen molar-refractivity contribution in [2.24, 2.45) is 0 Å². The van der Waals surface area contributed by atoms with Gasteiger partial charge in [0.15, 0.2) is 0 Å². The fourth-order valence-corrected chi connectivity index (χ4v) is 6.47. The van der Waals surface area contributed by atoms with Crippen molar-refractivity contribution in [3.8, 4) is 11.1 Å². The molecule has 2 aromatic heterocycles. The summed E-state index contributed by atoms with van der Waals surface area (Å²) in [7, 11) is -1.73. The van der Waals surface area contributed by atoms with Crippen LogP contribution < -0.4 is 15.6 Å². The quantitative estimate of drug-likeness (QED) is 0.243. The number of nitrogens with zero attached hydrogens (tertiary/aromatic N) is 4. The van der Waals surface area contributed by atoms with Gasteiger partial charge in [0.2, 0.25) is 5.95 Å². The van der Waals surface area contributed by atoms with E-state index in [1.165, 1.54) is 18.4 Å². The summed E-state index contributed by atoms with van der Waals surface area (Å²) in [4.78, 5) is 23.0. The van der Waals surface area contributed by atoms with Crippen LogP contribution in [0.25, 0.3) is 22.2 Å². The standard InChI is InChI=1S/C27H39ClN6O4SSi/c1-33(2)39(36,37)32-21-12-10-20(11-13-21)30-27-29-17-19-16-23(22-8-6-7-9-24(22)28)26(35)34(25(19)31-27)18-38-14-15-40(3,4)5/h6-9,16-17,20-21,32H,10-15,18H2,1-5H3,(H,29,30,31). The molecule has 3 aromatic rings. The van der Waals surface area contributed by atoms with Crippen molar-refractivity contribution in [1.82, 2.24) is 23.6 Å². The van der Waals surface area contributed by atoms with Gasteiger partial charge in [0.05, 0.1) is 0 Å². The van der Waals surface area contributed by atoms with Gasteiger partial charge in [-0.3, -0.25) is 9.36 Å². The molecule has 40 heavy (non-hydrogen) atoms. The topological polar surface area (TPSA) is 118 Å². The molecule has 0 spiro atoms. The molecule has 1 aromatic carbocycles. The number of fused-ring (bicyclic) bond motifs is 1. The molecule has 218 valence electrons. The van der Waals surface area contributed by atoms with Crippen molar-refractivity contribution < 1.29 is 13.2 Å². The molecular weight excluding hydrogens is 568 g/mol. The van der Waals surface area contributed by atoms with Gasteiger partial charge >= 0.3 is 0 Å². The van der Waals surface area contributed by atoms with Crippen molar-refractivity contribution in [3.05, 3.63) is 51.9 Å². The smallest absolute Gasteiger partial charge is 0.279 e. The Labute approximate surface area is 242 Å². The lowest BCUT2D eigenvalue weighted by Crippen LogP contribution is -2.44. The van der Waals surface area contributed by atoms with Crippen LogP contribution in [0.15, 0.2) is 41.3 Å². The van der Waals surface area contributed by atoms with Crippen LogP contribution in [0.5, 0.6) is 0 Å². The molecular formula is C27H39ClN6O4SSi. The molecule has 0 aliphatic heterocycles. The van der Waals surface area contributed by atoms with Crippen LogP contribution in [0.3, 0.4) is 0 Å². The minimum Gasteiger partial charge on any atom is -0.361 e. The van der Waals surface area contributed by atoms with Crippen LogP contribution in [0.2, 0.25) is 30.7 Å². The largest absolute Gasteiger partial charge is 0.361 e. The molecule has 0 bridgehead atoms. The van der Waals surface area contributed by atoms with E-state index in [1.54, 1.807) is 22.9 Å². The molecule has 0 saturated heterocycles. The van der Waals surface area contributed by atoms with Crippen molar-refractivity contribution in [2.45, 2.75) is 70.2 Å².